The molecule has 0 aromatic heterocycles. The fraction of sp³-hybridized carbons (Fsp3) is 0.158. The van der Waals surface area contributed by atoms with Crippen LogP contribution in [0.1, 0.15) is 39.6 Å². The van der Waals surface area contributed by atoms with E-state index in [1.165, 1.54) is 0 Å². The minimum absolute atomic E-state index is 0.00127. The van der Waals surface area contributed by atoms with Crippen LogP contribution < -0.4 is 0 Å². The Morgan fingerprint density at radius 3 is 1.81 bits per heavy atom. The van der Waals surface area contributed by atoms with Gasteiger partial charge in [0, 0.05) is 28.7 Å². The Morgan fingerprint density at radius 2 is 1.24 bits per heavy atom. The smallest absolute Gasteiger partial charge is 0.190 e. The number of hydrogen-bond donors (Lipinski definition) is 0. The first-order valence-electron chi connectivity index (χ1n) is 7.16. The van der Waals surface area contributed by atoms with Gasteiger partial charge in [-0.1, -0.05) is 61.5 Å². The molecule has 0 saturated carbocycles. The molecule has 104 valence electrons. The zero-order valence-corrected chi connectivity index (χ0v) is 11.9. The van der Waals surface area contributed by atoms with E-state index in [9.17, 15) is 9.59 Å². The summed E-state index contributed by atoms with van der Waals surface area (Å²) in [6, 6.07) is 16.9. The molecule has 0 aliphatic heterocycles. The van der Waals surface area contributed by atoms with Gasteiger partial charge in [0.15, 0.2) is 11.6 Å². The van der Waals surface area contributed by atoms with E-state index in [0.29, 0.717) is 35.1 Å². The predicted molar refractivity (Wildman–Crippen MR) is 82.6 cm³/mol. The van der Waals surface area contributed by atoms with Crippen molar-refractivity contribution in [1.29, 1.82) is 0 Å². The lowest BCUT2D eigenvalue weighted by atomic mass is 9.81. The third-order valence-corrected chi connectivity index (χ3v) is 3.91. The van der Waals surface area contributed by atoms with Crippen molar-refractivity contribution in [2.24, 2.45) is 0 Å². The van der Waals surface area contributed by atoms with Crippen molar-refractivity contribution in [3.05, 3.63) is 82.4 Å². The minimum Gasteiger partial charge on any atom is -0.289 e. The first-order valence-corrected chi connectivity index (χ1v) is 7.16. The van der Waals surface area contributed by atoms with E-state index in [1.54, 1.807) is 24.3 Å². The van der Waals surface area contributed by atoms with Crippen LogP contribution in [0.25, 0.3) is 0 Å². The molecule has 21 heavy (non-hydrogen) atoms. The highest BCUT2D eigenvalue weighted by atomic mass is 16.1. The fourth-order valence-electron chi connectivity index (χ4n) is 2.84. The number of allylic oxidation sites excluding steroid dienone is 2. The number of fused-ring (bicyclic) bond motifs is 1. The summed E-state index contributed by atoms with van der Waals surface area (Å²) in [4.78, 5) is 25.3. The van der Waals surface area contributed by atoms with Crippen LogP contribution >= 0.6 is 0 Å². The summed E-state index contributed by atoms with van der Waals surface area (Å²) in [7, 11) is 0. The average Bonchev–Trinajstić information content (AvgIpc) is 2.54. The van der Waals surface area contributed by atoms with Gasteiger partial charge in [-0.25, -0.2) is 0 Å². The summed E-state index contributed by atoms with van der Waals surface area (Å²) in [5.74, 6) is -0.00969. The third-order valence-electron chi connectivity index (χ3n) is 3.91. The van der Waals surface area contributed by atoms with Crippen LogP contribution in [0.2, 0.25) is 0 Å². The summed E-state index contributed by atoms with van der Waals surface area (Å²) in [6.45, 7) is 1.93. The van der Waals surface area contributed by atoms with Gasteiger partial charge in [-0.2, -0.15) is 0 Å². The SMILES string of the molecule is CCC1=C(Cc2ccccc2)C(=O)c2ccccc2C1=O. The van der Waals surface area contributed by atoms with E-state index < -0.39 is 0 Å². The Bertz CT molecular complexity index is 739. The fourth-order valence-corrected chi connectivity index (χ4v) is 2.84. The molecule has 2 heteroatoms. The second-order valence-corrected chi connectivity index (χ2v) is 5.18. The maximum absolute atomic E-state index is 12.7. The van der Waals surface area contributed by atoms with Crippen LogP contribution in [0.4, 0.5) is 0 Å². The number of carbonyl (C=O) groups excluding carboxylic acids is 2. The Morgan fingerprint density at radius 1 is 0.714 bits per heavy atom. The number of rotatable bonds is 3. The maximum Gasteiger partial charge on any atom is 0.190 e. The zero-order chi connectivity index (χ0) is 14.8. The molecule has 3 rings (SSSR count). The van der Waals surface area contributed by atoms with E-state index in [-0.39, 0.29) is 11.6 Å². The highest BCUT2D eigenvalue weighted by Crippen LogP contribution is 2.29. The minimum atomic E-state index is -0.00842. The molecular weight excluding hydrogens is 260 g/mol. The molecule has 0 spiro atoms. The normalized spacial score (nSPS) is 14.3. The first kappa shape index (κ1) is 13.5. The summed E-state index contributed by atoms with van der Waals surface area (Å²) in [5, 5.41) is 0. The van der Waals surface area contributed by atoms with Gasteiger partial charge in [0.25, 0.3) is 0 Å². The average molecular weight is 276 g/mol. The molecule has 0 unspecified atom stereocenters. The van der Waals surface area contributed by atoms with E-state index in [4.69, 9.17) is 0 Å². The van der Waals surface area contributed by atoms with Crippen LogP contribution in [0.5, 0.6) is 0 Å². The van der Waals surface area contributed by atoms with Crippen molar-refractivity contribution < 1.29 is 9.59 Å². The Hall–Kier alpha value is -2.48. The molecule has 0 bridgehead atoms. The highest BCUT2D eigenvalue weighted by molar-refractivity contribution is 6.27. The second kappa shape index (κ2) is 5.49. The van der Waals surface area contributed by atoms with Gasteiger partial charge in [-0.3, -0.25) is 9.59 Å². The number of carbonyl (C=O) groups is 2. The highest BCUT2D eigenvalue weighted by Gasteiger charge is 2.30. The summed E-state index contributed by atoms with van der Waals surface area (Å²) in [5.41, 5.74) is 3.43. The van der Waals surface area contributed by atoms with Gasteiger partial charge in [-0.05, 0) is 12.0 Å². The van der Waals surface area contributed by atoms with Crippen LogP contribution in [0.3, 0.4) is 0 Å². The quantitative estimate of drug-likeness (QED) is 0.848. The molecule has 0 radical (unpaired) electrons. The van der Waals surface area contributed by atoms with Gasteiger partial charge in [0.1, 0.15) is 0 Å². The van der Waals surface area contributed by atoms with Gasteiger partial charge in [-0.15, -0.1) is 0 Å². The van der Waals surface area contributed by atoms with E-state index in [2.05, 4.69) is 0 Å². The zero-order valence-electron chi connectivity index (χ0n) is 11.9. The predicted octanol–water partition coefficient (Wildman–Crippen LogP) is 4.01. The topological polar surface area (TPSA) is 34.1 Å². The number of Topliss-reactive ketones (excluding diaryl/α,β-unsaturated/α-hetero) is 2. The molecule has 1 aliphatic rings. The summed E-state index contributed by atoms with van der Waals surface area (Å²) >= 11 is 0. The molecule has 2 aromatic rings. The molecule has 0 amide bonds. The summed E-state index contributed by atoms with van der Waals surface area (Å²) in [6.07, 6.45) is 1.10. The van der Waals surface area contributed by atoms with Gasteiger partial charge < -0.3 is 0 Å². The molecule has 0 N–H and O–H groups in total. The van der Waals surface area contributed by atoms with Crippen molar-refractivity contribution in [1.82, 2.24) is 0 Å². The lowest BCUT2D eigenvalue weighted by Crippen LogP contribution is -2.23. The van der Waals surface area contributed by atoms with Crippen molar-refractivity contribution in [3.63, 3.8) is 0 Å². The Balaban J connectivity index is 2.09. The number of benzene rings is 2. The molecule has 0 atom stereocenters. The molecule has 2 aromatic carbocycles. The lowest BCUT2D eigenvalue weighted by molar-refractivity contribution is 0.0970. The van der Waals surface area contributed by atoms with Crippen LogP contribution in [-0.2, 0) is 6.42 Å². The lowest BCUT2D eigenvalue weighted by Gasteiger charge is -2.20. The van der Waals surface area contributed by atoms with E-state index in [1.807, 2.05) is 37.3 Å². The summed E-state index contributed by atoms with van der Waals surface area (Å²) < 4.78 is 0. The largest absolute Gasteiger partial charge is 0.289 e. The molecule has 0 fully saturated rings. The Labute approximate surface area is 124 Å². The van der Waals surface area contributed by atoms with E-state index >= 15 is 0 Å². The number of ketones is 2. The molecular formula is C19H16O2. The molecule has 0 heterocycles. The number of hydrogen-bond acceptors (Lipinski definition) is 2. The van der Waals surface area contributed by atoms with Crippen LogP contribution in [0.15, 0.2) is 65.7 Å². The monoisotopic (exact) mass is 276 g/mol. The van der Waals surface area contributed by atoms with Crippen molar-refractivity contribution in [2.75, 3.05) is 0 Å². The maximum atomic E-state index is 12.7. The van der Waals surface area contributed by atoms with Crippen LogP contribution in [0, 0.1) is 0 Å². The van der Waals surface area contributed by atoms with Crippen molar-refractivity contribution in [3.8, 4) is 0 Å². The van der Waals surface area contributed by atoms with Crippen LogP contribution in [-0.4, -0.2) is 11.6 Å². The first-order chi connectivity index (χ1) is 10.2. The standard InChI is InChI=1S/C19H16O2/c1-2-14-17(12-13-8-4-3-5-9-13)19(21)16-11-7-6-10-15(16)18(14)20/h3-11H,2,12H2,1H3. The van der Waals surface area contributed by atoms with Gasteiger partial charge in [0.2, 0.25) is 0 Å². The van der Waals surface area contributed by atoms with Gasteiger partial charge in [0.05, 0.1) is 0 Å². The second-order valence-electron chi connectivity index (χ2n) is 5.18. The van der Waals surface area contributed by atoms with Crippen molar-refractivity contribution >= 4 is 11.6 Å². The molecule has 0 saturated heterocycles. The molecule has 2 nitrogen and oxygen atoms in total. The van der Waals surface area contributed by atoms with Crippen molar-refractivity contribution in [2.45, 2.75) is 19.8 Å². The Kier molecular flexibility index (Phi) is 3.53. The van der Waals surface area contributed by atoms with Gasteiger partial charge >= 0.3 is 0 Å². The third kappa shape index (κ3) is 2.33. The molecule has 1 aliphatic carbocycles. The van der Waals surface area contributed by atoms with E-state index in [0.717, 1.165) is 5.56 Å².